The van der Waals surface area contributed by atoms with Crippen LogP contribution in [0.25, 0.3) is 16.6 Å². The number of likely N-dealkylation sites (tertiary alicyclic amines) is 1. The number of amides is 2. The minimum atomic E-state index is -0.199. The molecule has 4 rings (SSSR count). The van der Waals surface area contributed by atoms with Crippen molar-refractivity contribution < 1.29 is 9.59 Å². The summed E-state index contributed by atoms with van der Waals surface area (Å²) in [6.45, 7) is 5.83. The molecule has 0 radical (unpaired) electrons. The van der Waals surface area contributed by atoms with Gasteiger partial charge in [-0.25, -0.2) is 0 Å². The summed E-state index contributed by atoms with van der Waals surface area (Å²) in [7, 11) is 0. The highest BCUT2D eigenvalue weighted by Gasteiger charge is 2.37. The molecule has 2 aromatic heterocycles. The van der Waals surface area contributed by atoms with Gasteiger partial charge in [0.1, 0.15) is 0 Å². The van der Waals surface area contributed by atoms with E-state index < -0.39 is 0 Å². The number of H-pyrrole nitrogens is 1. The van der Waals surface area contributed by atoms with Crippen LogP contribution in [-0.2, 0) is 9.59 Å². The van der Waals surface area contributed by atoms with Crippen LogP contribution >= 0.6 is 0 Å². The van der Waals surface area contributed by atoms with Crippen molar-refractivity contribution in [3.63, 3.8) is 0 Å². The first-order valence-electron chi connectivity index (χ1n) is 9.24. The fourth-order valence-corrected chi connectivity index (χ4v) is 3.97. The maximum atomic E-state index is 12.8. The third-order valence-corrected chi connectivity index (χ3v) is 5.43. The first-order chi connectivity index (χ1) is 12.5. The molecule has 2 aliphatic rings. The number of fused-ring (bicyclic) bond motifs is 1. The van der Waals surface area contributed by atoms with Gasteiger partial charge in [0.25, 0.3) is 0 Å². The van der Waals surface area contributed by atoms with E-state index in [4.69, 9.17) is 0 Å². The van der Waals surface area contributed by atoms with Crippen molar-refractivity contribution in [2.75, 3.05) is 19.6 Å². The fourth-order valence-electron chi connectivity index (χ4n) is 3.97. The molecule has 1 unspecified atom stereocenters. The lowest BCUT2D eigenvalue weighted by Crippen LogP contribution is -2.40. The number of carbonyl (C=O) groups is 2. The van der Waals surface area contributed by atoms with Crippen LogP contribution in [0.4, 0.5) is 0 Å². The summed E-state index contributed by atoms with van der Waals surface area (Å²) < 4.78 is 0. The zero-order valence-corrected chi connectivity index (χ0v) is 15.2. The molecule has 1 fully saturated rings. The quantitative estimate of drug-likeness (QED) is 0.922. The lowest BCUT2D eigenvalue weighted by atomic mass is 9.99. The first-order valence-corrected chi connectivity index (χ1v) is 9.24. The van der Waals surface area contributed by atoms with E-state index in [1.54, 1.807) is 6.20 Å². The first kappa shape index (κ1) is 16.8. The standard InChI is InChI=1S/C20H24N4O2/c1-13(2)24-12-15(10-18(24)25)20(26)23-8-5-14(6-9-23)16-11-22-17-4-3-7-21-19(16)17/h3-5,7,11,13,15,22H,6,8-10,12H2,1-2H3. The molecule has 0 aromatic carbocycles. The van der Waals surface area contributed by atoms with Gasteiger partial charge in [-0.1, -0.05) is 6.08 Å². The number of hydrogen-bond donors (Lipinski definition) is 1. The maximum Gasteiger partial charge on any atom is 0.228 e. The lowest BCUT2D eigenvalue weighted by molar-refractivity contribution is -0.135. The molecule has 6 nitrogen and oxygen atoms in total. The van der Waals surface area contributed by atoms with Gasteiger partial charge in [0.2, 0.25) is 11.8 Å². The number of aromatic amines is 1. The van der Waals surface area contributed by atoms with Crippen molar-refractivity contribution in [2.24, 2.45) is 5.92 Å². The van der Waals surface area contributed by atoms with E-state index in [9.17, 15) is 9.59 Å². The predicted octanol–water partition coefficient (Wildman–Crippen LogP) is 2.44. The van der Waals surface area contributed by atoms with Crippen molar-refractivity contribution in [2.45, 2.75) is 32.7 Å². The normalized spacial score (nSPS) is 21.0. The summed E-state index contributed by atoms with van der Waals surface area (Å²) in [4.78, 5) is 36.3. The van der Waals surface area contributed by atoms with Crippen LogP contribution in [0.15, 0.2) is 30.6 Å². The van der Waals surface area contributed by atoms with Gasteiger partial charge in [0, 0.05) is 50.1 Å². The summed E-state index contributed by atoms with van der Waals surface area (Å²) in [5.74, 6) is -0.0000791. The molecule has 0 aliphatic carbocycles. The fraction of sp³-hybridized carbons (Fsp3) is 0.450. The van der Waals surface area contributed by atoms with E-state index in [0.29, 0.717) is 26.1 Å². The zero-order chi connectivity index (χ0) is 18.3. The number of aromatic nitrogens is 2. The molecule has 4 heterocycles. The van der Waals surface area contributed by atoms with E-state index in [-0.39, 0.29) is 23.8 Å². The Morgan fingerprint density at radius 2 is 2.23 bits per heavy atom. The molecule has 0 saturated carbocycles. The van der Waals surface area contributed by atoms with Crippen LogP contribution in [0, 0.1) is 5.92 Å². The molecule has 2 aromatic rings. The van der Waals surface area contributed by atoms with Gasteiger partial charge < -0.3 is 14.8 Å². The Balaban J connectivity index is 1.46. The Morgan fingerprint density at radius 1 is 1.38 bits per heavy atom. The third-order valence-electron chi connectivity index (χ3n) is 5.43. The summed E-state index contributed by atoms with van der Waals surface area (Å²) >= 11 is 0. The Bertz CT molecular complexity index is 883. The number of hydrogen-bond acceptors (Lipinski definition) is 3. The average molecular weight is 352 g/mol. The summed E-state index contributed by atoms with van der Waals surface area (Å²) in [5, 5.41) is 0. The highest BCUT2D eigenvalue weighted by molar-refractivity contribution is 5.92. The van der Waals surface area contributed by atoms with E-state index in [2.05, 4.69) is 16.0 Å². The minimum Gasteiger partial charge on any atom is -0.359 e. The highest BCUT2D eigenvalue weighted by Crippen LogP contribution is 2.29. The van der Waals surface area contributed by atoms with Crippen LogP contribution < -0.4 is 0 Å². The summed E-state index contributed by atoms with van der Waals surface area (Å²) in [6, 6.07) is 4.09. The third kappa shape index (κ3) is 2.89. The Morgan fingerprint density at radius 3 is 2.92 bits per heavy atom. The molecular formula is C20H24N4O2. The second kappa shape index (κ2) is 6.59. The number of nitrogens with zero attached hydrogens (tertiary/aromatic N) is 3. The molecule has 136 valence electrons. The van der Waals surface area contributed by atoms with E-state index >= 15 is 0 Å². The van der Waals surface area contributed by atoms with Gasteiger partial charge in [0.05, 0.1) is 17.0 Å². The Kier molecular flexibility index (Phi) is 4.26. The van der Waals surface area contributed by atoms with E-state index in [1.807, 2.05) is 42.0 Å². The lowest BCUT2D eigenvalue weighted by Gasteiger charge is -2.29. The molecule has 2 amide bonds. The Hall–Kier alpha value is -2.63. The molecule has 2 aliphatic heterocycles. The SMILES string of the molecule is CC(C)N1CC(C(=O)N2CC=C(c3c[nH]c4cccnc34)CC2)CC1=O. The molecule has 1 N–H and O–H groups in total. The van der Waals surface area contributed by atoms with Crippen molar-refractivity contribution in [3.05, 3.63) is 36.2 Å². The number of pyridine rings is 1. The van der Waals surface area contributed by atoms with E-state index in [1.165, 1.54) is 5.57 Å². The van der Waals surface area contributed by atoms with Gasteiger partial charge in [-0.15, -0.1) is 0 Å². The molecule has 6 heteroatoms. The van der Waals surface area contributed by atoms with Gasteiger partial charge in [-0.2, -0.15) is 0 Å². The van der Waals surface area contributed by atoms with Gasteiger partial charge in [-0.3, -0.25) is 14.6 Å². The molecule has 26 heavy (non-hydrogen) atoms. The largest absolute Gasteiger partial charge is 0.359 e. The number of nitrogens with one attached hydrogen (secondary N) is 1. The number of carbonyl (C=O) groups excluding carboxylic acids is 2. The molecule has 1 atom stereocenters. The minimum absolute atomic E-state index is 0.0939. The Labute approximate surface area is 152 Å². The molecule has 1 saturated heterocycles. The topological polar surface area (TPSA) is 69.3 Å². The van der Waals surface area contributed by atoms with Gasteiger partial charge in [0.15, 0.2) is 0 Å². The van der Waals surface area contributed by atoms with Crippen LogP contribution in [-0.4, -0.2) is 57.3 Å². The van der Waals surface area contributed by atoms with Crippen LogP contribution in [0.3, 0.4) is 0 Å². The predicted molar refractivity (Wildman–Crippen MR) is 100 cm³/mol. The highest BCUT2D eigenvalue weighted by atomic mass is 16.2. The maximum absolute atomic E-state index is 12.8. The molecule has 0 bridgehead atoms. The smallest absolute Gasteiger partial charge is 0.228 e. The van der Waals surface area contributed by atoms with Crippen LogP contribution in [0.5, 0.6) is 0 Å². The van der Waals surface area contributed by atoms with Gasteiger partial charge >= 0.3 is 0 Å². The molecule has 0 spiro atoms. The van der Waals surface area contributed by atoms with Crippen molar-refractivity contribution >= 4 is 28.4 Å². The monoisotopic (exact) mass is 352 g/mol. The van der Waals surface area contributed by atoms with Gasteiger partial charge in [-0.05, 0) is 38.0 Å². The van der Waals surface area contributed by atoms with Crippen LogP contribution in [0.1, 0.15) is 32.3 Å². The second-order valence-corrected chi connectivity index (χ2v) is 7.41. The summed E-state index contributed by atoms with van der Waals surface area (Å²) in [5.41, 5.74) is 4.35. The second-order valence-electron chi connectivity index (χ2n) is 7.41. The van der Waals surface area contributed by atoms with Crippen molar-refractivity contribution in [1.82, 2.24) is 19.8 Å². The van der Waals surface area contributed by atoms with Crippen LogP contribution in [0.2, 0.25) is 0 Å². The van der Waals surface area contributed by atoms with E-state index in [0.717, 1.165) is 23.0 Å². The van der Waals surface area contributed by atoms with Crippen molar-refractivity contribution in [3.8, 4) is 0 Å². The van der Waals surface area contributed by atoms with Crippen molar-refractivity contribution in [1.29, 1.82) is 0 Å². The number of rotatable bonds is 3. The zero-order valence-electron chi connectivity index (χ0n) is 15.2. The molecular weight excluding hydrogens is 328 g/mol. The average Bonchev–Trinajstić information content (AvgIpc) is 3.25. The summed E-state index contributed by atoms with van der Waals surface area (Å²) in [6.07, 6.45) is 7.07.